The molecule has 1 aromatic heterocycles. The van der Waals surface area contributed by atoms with Gasteiger partial charge in [-0.1, -0.05) is 35.5 Å². The maximum atomic E-state index is 12.6. The number of hydrogen-bond donors (Lipinski definition) is 1. The zero-order valence-electron chi connectivity index (χ0n) is 15.0. The van der Waals surface area contributed by atoms with Crippen molar-refractivity contribution in [2.24, 2.45) is 17.8 Å². The molecule has 0 spiro atoms. The van der Waals surface area contributed by atoms with Gasteiger partial charge < -0.3 is 9.84 Å². The van der Waals surface area contributed by atoms with E-state index < -0.39 is 0 Å². The highest BCUT2D eigenvalue weighted by atomic mass is 16.5. The highest BCUT2D eigenvalue weighted by Gasteiger charge is 2.51. The zero-order chi connectivity index (χ0) is 17.6. The molecule has 4 bridgehead atoms. The quantitative estimate of drug-likeness (QED) is 0.891. The van der Waals surface area contributed by atoms with Crippen LogP contribution in [-0.2, 0) is 11.2 Å². The van der Waals surface area contributed by atoms with Crippen LogP contribution in [0.3, 0.4) is 0 Å². The molecule has 4 aliphatic rings. The predicted octanol–water partition coefficient (Wildman–Crippen LogP) is 3.75. The van der Waals surface area contributed by atoms with E-state index in [1.54, 1.807) is 0 Å². The van der Waals surface area contributed by atoms with Gasteiger partial charge in [0.05, 0.1) is 0 Å². The van der Waals surface area contributed by atoms with E-state index in [-0.39, 0.29) is 11.4 Å². The largest absolute Gasteiger partial charge is 0.351 e. The van der Waals surface area contributed by atoms with Gasteiger partial charge in [-0.15, -0.1) is 0 Å². The zero-order valence-corrected chi connectivity index (χ0v) is 15.0. The lowest BCUT2D eigenvalue weighted by molar-refractivity contribution is -0.126. The average molecular weight is 351 g/mol. The van der Waals surface area contributed by atoms with E-state index in [1.165, 1.54) is 38.5 Å². The van der Waals surface area contributed by atoms with E-state index in [2.05, 4.69) is 15.5 Å². The van der Waals surface area contributed by atoms with Gasteiger partial charge >= 0.3 is 0 Å². The Kier molecular flexibility index (Phi) is 3.84. The smallest absolute Gasteiger partial charge is 0.227 e. The first-order valence-electron chi connectivity index (χ1n) is 9.86. The Labute approximate surface area is 153 Å². The number of nitrogens with zero attached hydrogens (tertiary/aromatic N) is 2. The molecular formula is C21H25N3O2. The summed E-state index contributed by atoms with van der Waals surface area (Å²) >= 11 is 0. The molecule has 4 fully saturated rings. The molecule has 0 atom stereocenters. The van der Waals surface area contributed by atoms with Gasteiger partial charge in [0.1, 0.15) is 0 Å². The Hall–Kier alpha value is -2.17. The van der Waals surface area contributed by atoms with Gasteiger partial charge in [-0.2, -0.15) is 4.98 Å². The summed E-state index contributed by atoms with van der Waals surface area (Å²) in [4.78, 5) is 17.0. The van der Waals surface area contributed by atoms with Crippen LogP contribution in [0.1, 0.15) is 50.8 Å². The van der Waals surface area contributed by atoms with E-state index in [0.717, 1.165) is 23.3 Å². The summed E-state index contributed by atoms with van der Waals surface area (Å²) in [6.45, 7) is 0. The fourth-order valence-corrected chi connectivity index (χ4v) is 5.90. The molecule has 0 unspecified atom stereocenters. The first-order valence-corrected chi connectivity index (χ1v) is 9.86. The first-order chi connectivity index (χ1) is 12.7. The van der Waals surface area contributed by atoms with Crippen LogP contribution >= 0.6 is 0 Å². The number of benzene rings is 1. The molecular weight excluding hydrogens is 326 g/mol. The number of carbonyl (C=O) groups excluding carboxylic acids is 1. The number of carbonyl (C=O) groups is 1. The number of aromatic nitrogens is 2. The van der Waals surface area contributed by atoms with Crippen LogP contribution in [0.25, 0.3) is 11.4 Å². The highest BCUT2D eigenvalue weighted by Crippen LogP contribution is 2.55. The molecule has 2 aromatic rings. The van der Waals surface area contributed by atoms with Crippen molar-refractivity contribution >= 4 is 5.91 Å². The van der Waals surface area contributed by atoms with Crippen molar-refractivity contribution in [1.82, 2.24) is 15.5 Å². The summed E-state index contributed by atoms with van der Waals surface area (Å²) < 4.78 is 5.32. The molecule has 136 valence electrons. The fraction of sp³-hybridized carbons (Fsp3) is 0.571. The van der Waals surface area contributed by atoms with E-state index in [1.807, 2.05) is 30.3 Å². The second-order valence-corrected chi connectivity index (χ2v) is 8.62. The number of hydrogen-bond acceptors (Lipinski definition) is 4. The molecule has 6 rings (SSSR count). The summed E-state index contributed by atoms with van der Waals surface area (Å²) in [5.41, 5.74) is 1.01. The van der Waals surface area contributed by atoms with Crippen molar-refractivity contribution in [1.29, 1.82) is 0 Å². The third kappa shape index (κ3) is 3.04. The molecule has 26 heavy (non-hydrogen) atoms. The summed E-state index contributed by atoms with van der Waals surface area (Å²) in [6.07, 6.45) is 8.63. The maximum absolute atomic E-state index is 12.6. The van der Waals surface area contributed by atoms with Crippen molar-refractivity contribution in [3.05, 3.63) is 36.2 Å². The van der Waals surface area contributed by atoms with E-state index >= 15 is 0 Å². The summed E-state index contributed by atoms with van der Waals surface area (Å²) in [7, 11) is 0. The average Bonchev–Trinajstić information content (AvgIpc) is 3.08. The lowest BCUT2D eigenvalue weighted by atomic mass is 9.53. The van der Waals surface area contributed by atoms with Gasteiger partial charge in [0.25, 0.3) is 0 Å². The van der Waals surface area contributed by atoms with E-state index in [4.69, 9.17) is 4.52 Å². The topological polar surface area (TPSA) is 68.0 Å². The molecule has 1 heterocycles. The Morgan fingerprint density at radius 1 is 1.08 bits per heavy atom. The Balaban J connectivity index is 1.19. The molecule has 1 aromatic carbocycles. The second-order valence-electron chi connectivity index (χ2n) is 8.62. The van der Waals surface area contributed by atoms with Gasteiger partial charge in [-0.25, -0.2) is 0 Å². The van der Waals surface area contributed by atoms with Crippen LogP contribution in [0.15, 0.2) is 34.9 Å². The lowest BCUT2D eigenvalue weighted by Gasteiger charge is -2.56. The number of rotatable bonds is 5. The van der Waals surface area contributed by atoms with Gasteiger partial charge in [0.15, 0.2) is 0 Å². The minimum Gasteiger partial charge on any atom is -0.351 e. The van der Waals surface area contributed by atoms with Gasteiger partial charge in [-0.05, 0) is 56.3 Å². The summed E-state index contributed by atoms with van der Waals surface area (Å²) in [5.74, 6) is 3.76. The SMILES string of the molecule is O=C(CCc1nc(-c2ccccc2)no1)NC12CC3CC(CC(C3)C1)C2. The fourth-order valence-electron chi connectivity index (χ4n) is 5.90. The van der Waals surface area contributed by atoms with Crippen molar-refractivity contribution in [2.75, 3.05) is 0 Å². The molecule has 4 aliphatic carbocycles. The number of amides is 1. The predicted molar refractivity (Wildman–Crippen MR) is 97.1 cm³/mol. The van der Waals surface area contributed by atoms with Crippen molar-refractivity contribution in [3.63, 3.8) is 0 Å². The Morgan fingerprint density at radius 3 is 2.38 bits per heavy atom. The standard InChI is InChI=1S/C21H25N3O2/c25-18(23-21-11-14-8-15(12-21)10-16(9-14)13-21)6-7-19-22-20(24-26-19)17-4-2-1-3-5-17/h1-5,14-16H,6-13H2,(H,23,25). The third-order valence-corrected chi connectivity index (χ3v) is 6.51. The van der Waals surface area contributed by atoms with Crippen molar-refractivity contribution in [2.45, 2.75) is 56.9 Å². The monoisotopic (exact) mass is 351 g/mol. The minimum atomic E-state index is 0.0792. The minimum absolute atomic E-state index is 0.0792. The second kappa shape index (κ2) is 6.22. The highest BCUT2D eigenvalue weighted by molar-refractivity contribution is 5.77. The van der Waals surface area contributed by atoms with Crippen LogP contribution in [-0.4, -0.2) is 21.6 Å². The summed E-state index contributed by atoms with van der Waals surface area (Å²) in [5, 5.41) is 7.43. The first kappa shape index (κ1) is 16.0. The molecule has 5 nitrogen and oxygen atoms in total. The Bertz CT molecular complexity index is 763. The molecule has 0 saturated heterocycles. The molecule has 5 heteroatoms. The normalized spacial score (nSPS) is 31.9. The van der Waals surface area contributed by atoms with Gasteiger partial charge in [-0.3, -0.25) is 4.79 Å². The van der Waals surface area contributed by atoms with Crippen LogP contribution in [0.5, 0.6) is 0 Å². The summed E-state index contributed by atoms with van der Waals surface area (Å²) in [6, 6.07) is 9.76. The molecule has 1 amide bonds. The van der Waals surface area contributed by atoms with E-state index in [0.29, 0.717) is 24.6 Å². The van der Waals surface area contributed by atoms with Crippen molar-refractivity contribution < 1.29 is 9.32 Å². The third-order valence-electron chi connectivity index (χ3n) is 6.51. The van der Waals surface area contributed by atoms with E-state index in [9.17, 15) is 4.79 Å². The van der Waals surface area contributed by atoms with Crippen LogP contribution in [0.2, 0.25) is 0 Å². The van der Waals surface area contributed by atoms with Gasteiger partial charge in [0, 0.05) is 23.9 Å². The van der Waals surface area contributed by atoms with Crippen LogP contribution in [0, 0.1) is 17.8 Å². The lowest BCUT2D eigenvalue weighted by Crippen LogP contribution is -2.59. The number of aryl methyl sites for hydroxylation is 1. The molecule has 0 aliphatic heterocycles. The van der Waals surface area contributed by atoms with Crippen molar-refractivity contribution in [3.8, 4) is 11.4 Å². The molecule has 1 N–H and O–H groups in total. The Morgan fingerprint density at radius 2 is 1.73 bits per heavy atom. The molecule has 4 saturated carbocycles. The van der Waals surface area contributed by atoms with Gasteiger partial charge in [0.2, 0.25) is 17.6 Å². The van der Waals surface area contributed by atoms with Crippen LogP contribution in [0.4, 0.5) is 0 Å². The molecule has 0 radical (unpaired) electrons. The maximum Gasteiger partial charge on any atom is 0.227 e. The number of nitrogens with one attached hydrogen (secondary N) is 1. The van der Waals surface area contributed by atoms with Crippen LogP contribution < -0.4 is 5.32 Å².